The summed E-state index contributed by atoms with van der Waals surface area (Å²) in [5, 5.41) is 0.311. The summed E-state index contributed by atoms with van der Waals surface area (Å²) in [6, 6.07) is 3.18. The summed E-state index contributed by atoms with van der Waals surface area (Å²) in [6.45, 7) is 5.60. The molecule has 0 bridgehead atoms. The van der Waals surface area contributed by atoms with Crippen molar-refractivity contribution in [3.8, 4) is 0 Å². The quantitative estimate of drug-likeness (QED) is 0.589. The van der Waals surface area contributed by atoms with E-state index in [9.17, 15) is 4.79 Å². The van der Waals surface area contributed by atoms with Gasteiger partial charge in [0.15, 0.2) is 0 Å². The molecule has 1 rings (SSSR count). The van der Waals surface area contributed by atoms with Gasteiger partial charge < -0.3 is 4.74 Å². The second kappa shape index (κ2) is 5.12. The molecule has 82 valence electrons. The van der Waals surface area contributed by atoms with Gasteiger partial charge in [-0.25, -0.2) is 9.78 Å². The van der Waals surface area contributed by atoms with Gasteiger partial charge >= 0.3 is 5.97 Å². The fourth-order valence-corrected chi connectivity index (χ4v) is 1.33. The van der Waals surface area contributed by atoms with Crippen LogP contribution >= 0.6 is 11.6 Å². The Morgan fingerprint density at radius 3 is 2.80 bits per heavy atom. The first kappa shape index (κ1) is 12.0. The van der Waals surface area contributed by atoms with Crippen molar-refractivity contribution in [3.05, 3.63) is 28.5 Å². The molecule has 1 aromatic rings. The minimum Gasteiger partial charge on any atom is -0.459 e. The number of hydrogen-bond donors (Lipinski definition) is 0. The third-order valence-corrected chi connectivity index (χ3v) is 2.23. The molecule has 0 N–H and O–H groups in total. The molecule has 0 saturated carbocycles. The molecule has 1 aromatic heterocycles. The number of aromatic nitrogens is 1. The third-order valence-electron chi connectivity index (χ3n) is 2.04. The molecule has 1 heterocycles. The molecule has 0 saturated heterocycles. The highest BCUT2D eigenvalue weighted by atomic mass is 35.5. The van der Waals surface area contributed by atoms with Crippen molar-refractivity contribution in [2.45, 2.75) is 33.3 Å². The van der Waals surface area contributed by atoms with Crippen molar-refractivity contribution in [1.29, 1.82) is 0 Å². The number of esters is 1. The Morgan fingerprint density at radius 2 is 2.27 bits per heavy atom. The van der Waals surface area contributed by atoms with Crippen molar-refractivity contribution >= 4 is 17.6 Å². The average molecular weight is 228 g/mol. The summed E-state index contributed by atoms with van der Waals surface area (Å²) >= 11 is 5.75. The molecule has 1 atom stereocenters. The van der Waals surface area contributed by atoms with E-state index in [0.717, 1.165) is 6.42 Å². The molecule has 0 aromatic carbocycles. The van der Waals surface area contributed by atoms with Crippen LogP contribution in [0.5, 0.6) is 0 Å². The van der Waals surface area contributed by atoms with Crippen LogP contribution in [0.1, 0.15) is 36.3 Å². The van der Waals surface area contributed by atoms with E-state index in [1.165, 1.54) is 6.07 Å². The largest absolute Gasteiger partial charge is 0.459 e. The first-order valence-electron chi connectivity index (χ1n) is 4.88. The van der Waals surface area contributed by atoms with E-state index in [1.807, 2.05) is 13.8 Å². The van der Waals surface area contributed by atoms with Crippen LogP contribution in [0, 0.1) is 6.92 Å². The molecule has 0 aliphatic heterocycles. The lowest BCUT2D eigenvalue weighted by Crippen LogP contribution is -2.14. The number of aryl methyl sites for hydroxylation is 1. The van der Waals surface area contributed by atoms with Crippen LogP contribution in [0.2, 0.25) is 5.15 Å². The zero-order valence-corrected chi connectivity index (χ0v) is 9.84. The van der Waals surface area contributed by atoms with Gasteiger partial charge in [0, 0.05) is 5.69 Å². The molecule has 1 unspecified atom stereocenters. The van der Waals surface area contributed by atoms with Crippen molar-refractivity contribution in [3.63, 3.8) is 0 Å². The Kier molecular flexibility index (Phi) is 4.09. The van der Waals surface area contributed by atoms with Crippen molar-refractivity contribution in [1.82, 2.24) is 4.98 Å². The van der Waals surface area contributed by atoms with Crippen LogP contribution in [0.15, 0.2) is 12.1 Å². The monoisotopic (exact) mass is 227 g/mol. The number of hydrogen-bond acceptors (Lipinski definition) is 3. The topological polar surface area (TPSA) is 39.2 Å². The molecular formula is C11H14ClNO2. The van der Waals surface area contributed by atoms with Crippen LogP contribution < -0.4 is 0 Å². The molecule has 0 aliphatic carbocycles. The minimum absolute atomic E-state index is 0.0789. The Balaban J connectivity index is 2.82. The van der Waals surface area contributed by atoms with Crippen LogP contribution in [0.25, 0.3) is 0 Å². The molecule has 4 heteroatoms. The van der Waals surface area contributed by atoms with Gasteiger partial charge in [-0.2, -0.15) is 0 Å². The molecule has 0 amide bonds. The summed E-state index contributed by atoms with van der Waals surface area (Å²) in [5.41, 5.74) is 1.16. The van der Waals surface area contributed by atoms with Crippen molar-refractivity contribution in [2.24, 2.45) is 0 Å². The van der Waals surface area contributed by atoms with E-state index in [4.69, 9.17) is 16.3 Å². The van der Waals surface area contributed by atoms with Gasteiger partial charge in [-0.05, 0) is 32.4 Å². The predicted octanol–water partition coefficient (Wildman–Crippen LogP) is 3.00. The van der Waals surface area contributed by atoms with Gasteiger partial charge in [0.05, 0.1) is 11.7 Å². The van der Waals surface area contributed by atoms with Crippen LogP contribution in [-0.2, 0) is 4.74 Å². The van der Waals surface area contributed by atoms with Gasteiger partial charge in [-0.15, -0.1) is 0 Å². The molecule has 0 fully saturated rings. The summed E-state index contributed by atoms with van der Waals surface area (Å²) in [5.74, 6) is -0.350. The number of carbonyl (C=O) groups is 1. The highest BCUT2D eigenvalue weighted by Crippen LogP contribution is 2.12. The van der Waals surface area contributed by atoms with E-state index >= 15 is 0 Å². The maximum absolute atomic E-state index is 11.6. The summed E-state index contributed by atoms with van der Waals surface area (Å²) in [6.07, 6.45) is 0.716. The van der Waals surface area contributed by atoms with Crippen LogP contribution in [-0.4, -0.2) is 17.1 Å². The smallest absolute Gasteiger partial charge is 0.338 e. The van der Waals surface area contributed by atoms with E-state index in [1.54, 1.807) is 13.0 Å². The number of ether oxygens (including phenoxy) is 1. The fraction of sp³-hybridized carbons (Fsp3) is 0.455. The first-order valence-corrected chi connectivity index (χ1v) is 5.26. The molecule has 15 heavy (non-hydrogen) atoms. The lowest BCUT2D eigenvalue weighted by molar-refractivity contribution is 0.0334. The standard InChI is InChI=1S/C11H14ClNO2/c1-4-8(3)15-11(14)9-5-7(2)13-10(12)6-9/h5-6,8H,4H2,1-3H3. The zero-order valence-electron chi connectivity index (χ0n) is 9.08. The number of pyridine rings is 1. The van der Waals surface area contributed by atoms with Gasteiger partial charge in [-0.3, -0.25) is 0 Å². The third kappa shape index (κ3) is 3.51. The zero-order chi connectivity index (χ0) is 11.4. The molecular weight excluding hydrogens is 214 g/mol. The normalized spacial score (nSPS) is 12.3. The van der Waals surface area contributed by atoms with Crippen LogP contribution in [0.3, 0.4) is 0 Å². The van der Waals surface area contributed by atoms with E-state index in [-0.39, 0.29) is 12.1 Å². The Hall–Kier alpha value is -1.09. The Morgan fingerprint density at radius 1 is 1.60 bits per heavy atom. The Labute approximate surface area is 94.4 Å². The van der Waals surface area contributed by atoms with E-state index < -0.39 is 0 Å². The SMILES string of the molecule is CCC(C)OC(=O)c1cc(C)nc(Cl)c1. The van der Waals surface area contributed by atoms with Crippen LogP contribution in [0.4, 0.5) is 0 Å². The number of nitrogens with zero attached hydrogens (tertiary/aromatic N) is 1. The van der Waals surface area contributed by atoms with Gasteiger partial charge in [-0.1, -0.05) is 18.5 Å². The van der Waals surface area contributed by atoms with Gasteiger partial charge in [0.1, 0.15) is 5.15 Å². The highest BCUT2D eigenvalue weighted by molar-refractivity contribution is 6.29. The maximum Gasteiger partial charge on any atom is 0.338 e. The minimum atomic E-state index is -0.350. The van der Waals surface area contributed by atoms with Crippen molar-refractivity contribution in [2.75, 3.05) is 0 Å². The number of carbonyl (C=O) groups excluding carboxylic acids is 1. The van der Waals surface area contributed by atoms with Gasteiger partial charge in [0.2, 0.25) is 0 Å². The molecule has 3 nitrogen and oxygen atoms in total. The predicted molar refractivity (Wildman–Crippen MR) is 59.2 cm³/mol. The highest BCUT2D eigenvalue weighted by Gasteiger charge is 2.12. The lowest BCUT2D eigenvalue weighted by atomic mass is 10.2. The molecule has 0 radical (unpaired) electrons. The first-order chi connectivity index (χ1) is 7.02. The maximum atomic E-state index is 11.6. The second-order valence-corrected chi connectivity index (χ2v) is 3.83. The molecule has 0 aliphatic rings. The van der Waals surface area contributed by atoms with Gasteiger partial charge in [0.25, 0.3) is 0 Å². The summed E-state index contributed by atoms with van der Waals surface area (Å²) in [7, 11) is 0. The lowest BCUT2D eigenvalue weighted by Gasteiger charge is -2.10. The number of rotatable bonds is 3. The van der Waals surface area contributed by atoms with E-state index in [2.05, 4.69) is 4.98 Å². The second-order valence-electron chi connectivity index (χ2n) is 3.44. The van der Waals surface area contributed by atoms with Crippen molar-refractivity contribution < 1.29 is 9.53 Å². The summed E-state index contributed by atoms with van der Waals surface area (Å²) < 4.78 is 5.17. The average Bonchev–Trinajstić information content (AvgIpc) is 2.16. The number of halogens is 1. The summed E-state index contributed by atoms with van der Waals surface area (Å²) in [4.78, 5) is 15.6. The Bertz CT molecular complexity index is 345. The van der Waals surface area contributed by atoms with E-state index in [0.29, 0.717) is 16.4 Å². The fourth-order valence-electron chi connectivity index (χ4n) is 1.08. The molecule has 0 spiro atoms.